The minimum absolute atomic E-state index is 0.00348. The van der Waals surface area contributed by atoms with Gasteiger partial charge >= 0.3 is 0 Å². The first kappa shape index (κ1) is 16.5. The number of likely N-dealkylation sites (tertiary alicyclic amines) is 1. The number of amides is 2. The first-order valence-corrected chi connectivity index (χ1v) is 10.1. The van der Waals surface area contributed by atoms with Gasteiger partial charge in [-0.1, -0.05) is 0 Å². The average Bonchev–Trinajstić information content (AvgIpc) is 3.36. The molecule has 1 atom stereocenters. The van der Waals surface area contributed by atoms with E-state index in [0.717, 1.165) is 52.0 Å². The SMILES string of the molecule is O=C1NCCc2c1sc1ccc(C(=O)N3CCC[C@H](c4ccn[nH]4)C3)cc21. The third-order valence-electron chi connectivity index (χ3n) is 5.58. The van der Waals surface area contributed by atoms with Crippen molar-refractivity contribution in [1.82, 2.24) is 20.4 Å². The predicted molar refractivity (Wildman–Crippen MR) is 104 cm³/mol. The number of rotatable bonds is 2. The van der Waals surface area contributed by atoms with Gasteiger partial charge in [-0.25, -0.2) is 0 Å². The molecule has 0 bridgehead atoms. The summed E-state index contributed by atoms with van der Waals surface area (Å²) in [5, 5.41) is 11.0. The number of aromatic nitrogens is 2. The number of carbonyl (C=O) groups is 2. The van der Waals surface area contributed by atoms with Crippen molar-refractivity contribution in [2.75, 3.05) is 19.6 Å². The van der Waals surface area contributed by atoms with E-state index < -0.39 is 0 Å². The van der Waals surface area contributed by atoms with E-state index in [1.807, 2.05) is 29.2 Å². The summed E-state index contributed by atoms with van der Waals surface area (Å²) in [6, 6.07) is 7.85. The fraction of sp³-hybridized carbons (Fsp3) is 0.350. The third-order valence-corrected chi connectivity index (χ3v) is 6.79. The summed E-state index contributed by atoms with van der Waals surface area (Å²) in [6.07, 6.45) is 4.65. The maximum Gasteiger partial charge on any atom is 0.261 e. The van der Waals surface area contributed by atoms with Gasteiger partial charge in [0, 0.05) is 47.7 Å². The molecule has 2 amide bonds. The van der Waals surface area contributed by atoms with E-state index in [9.17, 15) is 9.59 Å². The van der Waals surface area contributed by atoms with Crippen LogP contribution < -0.4 is 5.32 Å². The van der Waals surface area contributed by atoms with E-state index in [1.165, 1.54) is 11.3 Å². The average molecular weight is 380 g/mol. The zero-order valence-corrected chi connectivity index (χ0v) is 15.6. The van der Waals surface area contributed by atoms with Crippen LogP contribution in [0.1, 0.15) is 50.0 Å². The lowest BCUT2D eigenvalue weighted by Gasteiger charge is -2.32. The summed E-state index contributed by atoms with van der Waals surface area (Å²) in [5.41, 5.74) is 2.89. The van der Waals surface area contributed by atoms with Crippen LogP contribution in [0.4, 0.5) is 0 Å². The molecule has 1 aromatic carbocycles. The van der Waals surface area contributed by atoms with Gasteiger partial charge in [-0.05, 0) is 54.5 Å². The van der Waals surface area contributed by atoms with Crippen molar-refractivity contribution in [3.63, 3.8) is 0 Å². The molecule has 0 unspecified atom stereocenters. The Labute approximate surface area is 160 Å². The number of thiophene rings is 1. The number of H-pyrrole nitrogens is 1. The molecule has 0 radical (unpaired) electrons. The quantitative estimate of drug-likeness (QED) is 0.718. The third kappa shape index (κ3) is 2.82. The van der Waals surface area contributed by atoms with Crippen LogP contribution in [0.2, 0.25) is 0 Å². The lowest BCUT2D eigenvalue weighted by atomic mass is 9.94. The number of fused-ring (bicyclic) bond motifs is 3. The van der Waals surface area contributed by atoms with Crippen LogP contribution >= 0.6 is 11.3 Å². The summed E-state index contributed by atoms with van der Waals surface area (Å²) < 4.78 is 1.07. The lowest BCUT2D eigenvalue weighted by Crippen LogP contribution is -2.39. The molecule has 0 saturated carbocycles. The number of nitrogens with zero attached hydrogens (tertiary/aromatic N) is 2. The Morgan fingerprint density at radius 3 is 3.07 bits per heavy atom. The van der Waals surface area contributed by atoms with Crippen LogP contribution in [0.3, 0.4) is 0 Å². The maximum absolute atomic E-state index is 13.1. The Morgan fingerprint density at radius 1 is 1.30 bits per heavy atom. The summed E-state index contributed by atoms with van der Waals surface area (Å²) in [6.45, 7) is 2.16. The van der Waals surface area contributed by atoms with Crippen LogP contribution in [0.5, 0.6) is 0 Å². The minimum Gasteiger partial charge on any atom is -0.351 e. The van der Waals surface area contributed by atoms with Crippen molar-refractivity contribution in [3.05, 3.63) is 52.2 Å². The Balaban J connectivity index is 1.44. The summed E-state index contributed by atoms with van der Waals surface area (Å²) >= 11 is 1.51. The van der Waals surface area contributed by atoms with Crippen molar-refractivity contribution in [3.8, 4) is 0 Å². The molecule has 1 fully saturated rings. The predicted octanol–water partition coefficient (Wildman–Crippen LogP) is 2.93. The molecule has 5 rings (SSSR count). The van der Waals surface area contributed by atoms with Crippen molar-refractivity contribution in [2.24, 2.45) is 0 Å². The molecule has 6 nitrogen and oxygen atoms in total. The largest absolute Gasteiger partial charge is 0.351 e. The lowest BCUT2D eigenvalue weighted by molar-refractivity contribution is 0.0706. The molecule has 2 aliphatic heterocycles. The second kappa shape index (κ2) is 6.49. The number of piperidine rings is 1. The molecular weight excluding hydrogens is 360 g/mol. The molecule has 2 aliphatic rings. The van der Waals surface area contributed by atoms with Gasteiger partial charge < -0.3 is 10.2 Å². The van der Waals surface area contributed by atoms with E-state index in [-0.39, 0.29) is 11.8 Å². The number of benzene rings is 1. The summed E-state index contributed by atoms with van der Waals surface area (Å²) in [7, 11) is 0. The Bertz CT molecular complexity index is 1020. The van der Waals surface area contributed by atoms with E-state index in [1.54, 1.807) is 6.20 Å². The molecule has 4 heterocycles. The van der Waals surface area contributed by atoms with Gasteiger partial charge in [-0.15, -0.1) is 11.3 Å². The van der Waals surface area contributed by atoms with E-state index in [4.69, 9.17) is 0 Å². The van der Waals surface area contributed by atoms with Gasteiger partial charge in [0.2, 0.25) is 0 Å². The zero-order chi connectivity index (χ0) is 18.4. The second-order valence-electron chi connectivity index (χ2n) is 7.23. The van der Waals surface area contributed by atoms with Gasteiger partial charge in [0.25, 0.3) is 11.8 Å². The molecule has 27 heavy (non-hydrogen) atoms. The molecule has 0 aliphatic carbocycles. The van der Waals surface area contributed by atoms with Gasteiger partial charge in [-0.3, -0.25) is 14.7 Å². The molecule has 7 heteroatoms. The first-order valence-electron chi connectivity index (χ1n) is 9.33. The number of aromatic amines is 1. The number of nitrogens with one attached hydrogen (secondary N) is 2. The second-order valence-corrected chi connectivity index (χ2v) is 8.28. The normalized spacial score (nSPS) is 19.8. The van der Waals surface area contributed by atoms with Crippen LogP contribution in [-0.4, -0.2) is 46.5 Å². The van der Waals surface area contributed by atoms with E-state index in [0.29, 0.717) is 24.6 Å². The summed E-state index contributed by atoms with van der Waals surface area (Å²) in [5.74, 6) is 0.386. The van der Waals surface area contributed by atoms with Crippen LogP contribution in [-0.2, 0) is 6.42 Å². The molecule has 0 spiro atoms. The smallest absolute Gasteiger partial charge is 0.261 e. The van der Waals surface area contributed by atoms with Crippen LogP contribution in [0.25, 0.3) is 10.1 Å². The first-order chi connectivity index (χ1) is 13.2. The van der Waals surface area contributed by atoms with Crippen molar-refractivity contribution in [2.45, 2.75) is 25.2 Å². The van der Waals surface area contributed by atoms with Crippen LogP contribution in [0.15, 0.2) is 30.5 Å². The molecule has 138 valence electrons. The van der Waals surface area contributed by atoms with Gasteiger partial charge in [-0.2, -0.15) is 5.10 Å². The molecule has 3 aromatic rings. The Kier molecular flexibility index (Phi) is 3.97. The highest BCUT2D eigenvalue weighted by Gasteiger charge is 2.27. The van der Waals surface area contributed by atoms with Crippen LogP contribution in [0, 0.1) is 0 Å². The highest BCUT2D eigenvalue weighted by molar-refractivity contribution is 7.21. The fourth-order valence-electron chi connectivity index (χ4n) is 4.19. The molecule has 2 aromatic heterocycles. The number of hydrogen-bond donors (Lipinski definition) is 2. The Hall–Kier alpha value is -2.67. The monoisotopic (exact) mass is 380 g/mol. The van der Waals surface area contributed by atoms with Crippen molar-refractivity contribution >= 4 is 33.2 Å². The van der Waals surface area contributed by atoms with E-state index in [2.05, 4.69) is 15.5 Å². The maximum atomic E-state index is 13.1. The van der Waals surface area contributed by atoms with Crippen molar-refractivity contribution < 1.29 is 9.59 Å². The zero-order valence-electron chi connectivity index (χ0n) is 14.8. The van der Waals surface area contributed by atoms with E-state index >= 15 is 0 Å². The van der Waals surface area contributed by atoms with Gasteiger partial charge in [0.15, 0.2) is 0 Å². The van der Waals surface area contributed by atoms with Gasteiger partial charge in [0.1, 0.15) is 0 Å². The highest BCUT2D eigenvalue weighted by atomic mass is 32.1. The number of hydrogen-bond acceptors (Lipinski definition) is 4. The van der Waals surface area contributed by atoms with Crippen molar-refractivity contribution in [1.29, 1.82) is 0 Å². The summed E-state index contributed by atoms with van der Waals surface area (Å²) in [4.78, 5) is 28.0. The number of carbonyl (C=O) groups excluding carboxylic acids is 2. The fourth-order valence-corrected chi connectivity index (χ4v) is 5.33. The topological polar surface area (TPSA) is 78.1 Å². The standard InChI is InChI=1S/C20H20N4O2S/c25-19-18-14(5-7-21-19)15-10-12(3-4-17(15)27-18)20(26)24-9-1-2-13(11-24)16-6-8-22-23-16/h3-4,6,8,10,13H,1-2,5,7,9,11H2,(H,21,25)(H,22,23)/t13-/m0/s1. The minimum atomic E-state index is 0.00348. The molecular formula is C20H20N4O2S. The molecule has 2 N–H and O–H groups in total. The Morgan fingerprint density at radius 2 is 2.22 bits per heavy atom. The van der Waals surface area contributed by atoms with Gasteiger partial charge in [0.05, 0.1) is 4.88 Å². The highest BCUT2D eigenvalue weighted by Crippen LogP contribution is 2.34. The molecule has 1 saturated heterocycles.